The van der Waals surface area contributed by atoms with E-state index in [1.54, 1.807) is 4.90 Å². The lowest BCUT2D eigenvalue weighted by Gasteiger charge is -2.56. The summed E-state index contributed by atoms with van der Waals surface area (Å²) in [6.45, 7) is 7.26. The highest BCUT2D eigenvalue weighted by Crippen LogP contribution is 2.40. The third-order valence-electron chi connectivity index (χ3n) is 5.31. The van der Waals surface area contributed by atoms with Gasteiger partial charge in [0.05, 0.1) is 6.54 Å². The lowest BCUT2D eigenvalue weighted by Crippen LogP contribution is -2.65. The molecule has 5 heteroatoms. The highest BCUT2D eigenvalue weighted by atomic mass is 32.1. The van der Waals surface area contributed by atoms with Crippen molar-refractivity contribution in [2.45, 2.75) is 38.3 Å². The van der Waals surface area contributed by atoms with Crippen molar-refractivity contribution in [3.8, 4) is 0 Å². The number of thiophene rings is 1. The molecule has 1 aromatic heterocycles. The van der Waals surface area contributed by atoms with Gasteiger partial charge in [-0.25, -0.2) is 0 Å². The smallest absolute Gasteiger partial charge is 0.236 e. The van der Waals surface area contributed by atoms with E-state index >= 15 is 0 Å². The fraction of sp³-hybridized carbons (Fsp3) is 0.706. The zero-order valence-corrected chi connectivity index (χ0v) is 14.8. The molecule has 4 nitrogen and oxygen atoms in total. The molecule has 0 unspecified atom stereocenters. The maximum atomic E-state index is 12.0. The Bertz CT molecular complexity index is 532. The first-order valence-corrected chi connectivity index (χ1v) is 9.03. The Labute approximate surface area is 137 Å². The number of piperidine rings is 1. The molecule has 3 rings (SSSR count). The van der Waals surface area contributed by atoms with Crippen LogP contribution in [0, 0.1) is 6.92 Å². The predicted octanol–water partition coefficient (Wildman–Crippen LogP) is 2.19. The predicted molar refractivity (Wildman–Crippen MR) is 91.2 cm³/mol. The van der Waals surface area contributed by atoms with Gasteiger partial charge in [-0.1, -0.05) is 0 Å². The Hall–Kier alpha value is -0.910. The lowest BCUT2D eigenvalue weighted by atomic mass is 9.76. The average Bonchev–Trinajstić information content (AvgIpc) is 2.89. The van der Waals surface area contributed by atoms with E-state index in [2.05, 4.69) is 28.9 Å². The second kappa shape index (κ2) is 6.30. The molecule has 22 heavy (non-hydrogen) atoms. The second-order valence-electron chi connectivity index (χ2n) is 6.97. The number of aryl methyl sites for hydroxylation is 1. The van der Waals surface area contributed by atoms with E-state index in [-0.39, 0.29) is 5.91 Å². The molecule has 0 atom stereocenters. The third-order valence-corrected chi connectivity index (χ3v) is 6.29. The SMILES string of the molecule is Cc1ccc(CN2CCC3(CC2)CCN3CC(=O)N(C)C)s1. The summed E-state index contributed by atoms with van der Waals surface area (Å²) in [5.74, 6) is 0.232. The van der Waals surface area contributed by atoms with Gasteiger partial charge in [0.2, 0.25) is 5.91 Å². The number of hydrogen-bond acceptors (Lipinski definition) is 4. The third kappa shape index (κ3) is 3.21. The van der Waals surface area contributed by atoms with E-state index in [0.29, 0.717) is 12.1 Å². The standard InChI is InChI=1S/C17H27N3OS/c1-14-4-5-15(22-14)12-19-9-6-17(7-10-19)8-11-20(17)13-16(21)18(2)3/h4-5H,6-13H2,1-3H3. The fourth-order valence-corrected chi connectivity index (χ4v) is 4.55. The summed E-state index contributed by atoms with van der Waals surface area (Å²) >= 11 is 1.91. The van der Waals surface area contributed by atoms with Crippen molar-refractivity contribution in [3.05, 3.63) is 21.9 Å². The summed E-state index contributed by atoms with van der Waals surface area (Å²) < 4.78 is 0. The first-order chi connectivity index (χ1) is 10.5. The van der Waals surface area contributed by atoms with Gasteiger partial charge in [0.15, 0.2) is 0 Å². The van der Waals surface area contributed by atoms with Crippen LogP contribution >= 0.6 is 11.3 Å². The molecule has 2 saturated heterocycles. The molecule has 2 aliphatic heterocycles. The summed E-state index contributed by atoms with van der Waals surface area (Å²) in [6.07, 6.45) is 3.68. The van der Waals surface area contributed by atoms with Gasteiger partial charge in [-0.15, -0.1) is 11.3 Å². The van der Waals surface area contributed by atoms with Crippen molar-refractivity contribution in [2.75, 3.05) is 40.3 Å². The summed E-state index contributed by atoms with van der Waals surface area (Å²) in [5, 5.41) is 0. The topological polar surface area (TPSA) is 26.8 Å². The monoisotopic (exact) mass is 321 g/mol. The van der Waals surface area contributed by atoms with Crippen LogP contribution in [0.25, 0.3) is 0 Å². The molecule has 1 aromatic rings. The van der Waals surface area contributed by atoms with Crippen LogP contribution in [0.1, 0.15) is 29.0 Å². The van der Waals surface area contributed by atoms with Crippen LogP contribution in [0.3, 0.4) is 0 Å². The van der Waals surface area contributed by atoms with Crippen molar-refractivity contribution in [1.82, 2.24) is 14.7 Å². The van der Waals surface area contributed by atoms with Gasteiger partial charge in [0.1, 0.15) is 0 Å². The Balaban J connectivity index is 1.51. The molecule has 0 bridgehead atoms. The minimum absolute atomic E-state index is 0.232. The molecule has 0 N–H and O–H groups in total. The largest absolute Gasteiger partial charge is 0.348 e. The Kier molecular flexibility index (Phi) is 4.57. The van der Waals surface area contributed by atoms with Crippen molar-refractivity contribution in [3.63, 3.8) is 0 Å². The molecule has 2 fully saturated rings. The fourth-order valence-electron chi connectivity index (χ4n) is 3.62. The normalized spacial score (nSPS) is 21.8. The summed E-state index contributed by atoms with van der Waals surface area (Å²) in [7, 11) is 3.70. The molecule has 3 heterocycles. The molecule has 122 valence electrons. The van der Waals surface area contributed by atoms with Crippen LogP contribution in [0.4, 0.5) is 0 Å². The number of amides is 1. The van der Waals surface area contributed by atoms with E-state index in [9.17, 15) is 4.79 Å². The Morgan fingerprint density at radius 3 is 2.41 bits per heavy atom. The number of carbonyl (C=O) groups is 1. The second-order valence-corrected chi connectivity index (χ2v) is 8.35. The number of carbonyl (C=O) groups excluding carboxylic acids is 1. The molecular weight excluding hydrogens is 294 g/mol. The van der Waals surface area contributed by atoms with Gasteiger partial charge in [0.25, 0.3) is 0 Å². The van der Waals surface area contributed by atoms with Gasteiger partial charge in [-0.2, -0.15) is 0 Å². The first kappa shape index (κ1) is 16.0. The molecule has 0 aromatic carbocycles. The minimum atomic E-state index is 0.232. The van der Waals surface area contributed by atoms with Gasteiger partial charge in [-0.3, -0.25) is 14.6 Å². The Morgan fingerprint density at radius 1 is 1.23 bits per heavy atom. The number of nitrogens with zero attached hydrogens (tertiary/aromatic N) is 3. The van der Waals surface area contributed by atoms with E-state index in [4.69, 9.17) is 0 Å². The van der Waals surface area contributed by atoms with Crippen LogP contribution in [0.2, 0.25) is 0 Å². The van der Waals surface area contributed by atoms with E-state index < -0.39 is 0 Å². The lowest BCUT2D eigenvalue weighted by molar-refractivity contribution is -0.137. The van der Waals surface area contributed by atoms with Gasteiger partial charge < -0.3 is 4.90 Å². The van der Waals surface area contributed by atoms with E-state index in [0.717, 1.165) is 26.2 Å². The molecule has 1 amide bonds. The van der Waals surface area contributed by atoms with E-state index in [1.165, 1.54) is 29.0 Å². The molecular formula is C17H27N3OS. The summed E-state index contributed by atoms with van der Waals surface area (Å²) in [6, 6.07) is 4.47. The highest BCUT2D eigenvalue weighted by molar-refractivity contribution is 7.11. The van der Waals surface area contributed by atoms with Crippen molar-refractivity contribution in [1.29, 1.82) is 0 Å². The van der Waals surface area contributed by atoms with Crippen molar-refractivity contribution < 1.29 is 4.79 Å². The molecule has 1 spiro atoms. The van der Waals surface area contributed by atoms with Crippen LogP contribution in [-0.4, -0.2) is 66.4 Å². The number of likely N-dealkylation sites (tertiary alicyclic amines) is 2. The number of hydrogen-bond donors (Lipinski definition) is 0. The van der Waals surface area contributed by atoms with Crippen LogP contribution in [0.5, 0.6) is 0 Å². The Morgan fingerprint density at radius 2 is 1.91 bits per heavy atom. The van der Waals surface area contributed by atoms with Gasteiger partial charge in [-0.05, 0) is 38.3 Å². The summed E-state index contributed by atoms with van der Waals surface area (Å²) in [5.41, 5.74) is 0.313. The van der Waals surface area contributed by atoms with Crippen LogP contribution in [0.15, 0.2) is 12.1 Å². The maximum Gasteiger partial charge on any atom is 0.236 e. The zero-order valence-electron chi connectivity index (χ0n) is 14.0. The van der Waals surface area contributed by atoms with Crippen molar-refractivity contribution >= 4 is 17.2 Å². The number of rotatable bonds is 4. The van der Waals surface area contributed by atoms with E-state index in [1.807, 2.05) is 25.4 Å². The number of likely N-dealkylation sites (N-methyl/N-ethyl adjacent to an activating group) is 1. The zero-order chi connectivity index (χ0) is 15.7. The van der Waals surface area contributed by atoms with Crippen LogP contribution in [-0.2, 0) is 11.3 Å². The molecule has 0 saturated carbocycles. The quantitative estimate of drug-likeness (QED) is 0.850. The minimum Gasteiger partial charge on any atom is -0.348 e. The maximum absolute atomic E-state index is 12.0. The van der Waals surface area contributed by atoms with Gasteiger partial charge in [0, 0.05) is 55.6 Å². The molecule has 2 aliphatic rings. The molecule has 0 aliphatic carbocycles. The van der Waals surface area contributed by atoms with Gasteiger partial charge >= 0.3 is 0 Å². The van der Waals surface area contributed by atoms with Crippen LogP contribution < -0.4 is 0 Å². The highest BCUT2D eigenvalue weighted by Gasteiger charge is 2.46. The first-order valence-electron chi connectivity index (χ1n) is 8.21. The van der Waals surface area contributed by atoms with Crippen molar-refractivity contribution in [2.24, 2.45) is 0 Å². The molecule has 0 radical (unpaired) electrons. The summed E-state index contributed by atoms with van der Waals surface area (Å²) in [4.78, 5) is 21.5. The average molecular weight is 321 g/mol.